The summed E-state index contributed by atoms with van der Waals surface area (Å²) in [6, 6.07) is 12.2. The van der Waals surface area contributed by atoms with Crippen molar-refractivity contribution in [2.75, 3.05) is 19.8 Å². The SMILES string of the molecule is Cc1cc(C(=O)NCC2(c3ccccc3)CCOCC2)nn1C. The second-order valence-electron chi connectivity index (χ2n) is 6.24. The summed E-state index contributed by atoms with van der Waals surface area (Å²) in [5.41, 5.74) is 2.65. The largest absolute Gasteiger partial charge is 0.381 e. The first kappa shape index (κ1) is 15.7. The van der Waals surface area contributed by atoms with E-state index in [1.54, 1.807) is 4.68 Å². The van der Waals surface area contributed by atoms with E-state index >= 15 is 0 Å². The van der Waals surface area contributed by atoms with E-state index in [-0.39, 0.29) is 11.3 Å². The lowest BCUT2D eigenvalue weighted by Crippen LogP contribution is -2.44. The van der Waals surface area contributed by atoms with Crippen molar-refractivity contribution in [2.45, 2.75) is 25.2 Å². The molecule has 1 amide bonds. The van der Waals surface area contributed by atoms with Crippen molar-refractivity contribution in [2.24, 2.45) is 7.05 Å². The Kier molecular flexibility index (Phi) is 4.48. The molecule has 2 heterocycles. The Labute approximate surface area is 136 Å². The number of carbonyl (C=O) groups excluding carboxylic acids is 1. The van der Waals surface area contributed by atoms with Crippen LogP contribution in [0.2, 0.25) is 0 Å². The highest BCUT2D eigenvalue weighted by atomic mass is 16.5. The van der Waals surface area contributed by atoms with E-state index in [0.29, 0.717) is 12.2 Å². The van der Waals surface area contributed by atoms with Crippen LogP contribution in [0.25, 0.3) is 0 Å². The number of nitrogens with one attached hydrogen (secondary N) is 1. The normalized spacial score (nSPS) is 17.0. The number of carbonyl (C=O) groups is 1. The zero-order valence-electron chi connectivity index (χ0n) is 13.7. The summed E-state index contributed by atoms with van der Waals surface area (Å²) in [7, 11) is 1.84. The third kappa shape index (κ3) is 3.29. The first-order valence-corrected chi connectivity index (χ1v) is 8.03. The number of aromatic nitrogens is 2. The maximum absolute atomic E-state index is 12.4. The molecule has 0 atom stereocenters. The lowest BCUT2D eigenvalue weighted by molar-refractivity contribution is 0.0486. The van der Waals surface area contributed by atoms with Gasteiger partial charge in [-0.2, -0.15) is 5.10 Å². The number of aryl methyl sites for hydroxylation is 2. The molecule has 1 aromatic heterocycles. The molecule has 2 aromatic rings. The molecule has 1 aliphatic heterocycles. The number of rotatable bonds is 4. The second kappa shape index (κ2) is 6.54. The Morgan fingerprint density at radius 2 is 2.00 bits per heavy atom. The lowest BCUT2D eigenvalue weighted by atomic mass is 9.74. The van der Waals surface area contributed by atoms with Gasteiger partial charge in [0.2, 0.25) is 0 Å². The monoisotopic (exact) mass is 313 g/mol. The minimum absolute atomic E-state index is 0.0566. The fourth-order valence-corrected chi connectivity index (χ4v) is 3.13. The number of ether oxygens (including phenoxy) is 1. The molecule has 5 heteroatoms. The molecule has 0 radical (unpaired) electrons. The average Bonchev–Trinajstić information content (AvgIpc) is 2.93. The maximum Gasteiger partial charge on any atom is 0.271 e. The number of benzene rings is 1. The van der Waals surface area contributed by atoms with Crippen molar-refractivity contribution in [3.8, 4) is 0 Å². The van der Waals surface area contributed by atoms with Gasteiger partial charge in [-0.05, 0) is 31.4 Å². The summed E-state index contributed by atoms with van der Waals surface area (Å²) >= 11 is 0. The summed E-state index contributed by atoms with van der Waals surface area (Å²) in [5, 5.41) is 7.33. The van der Waals surface area contributed by atoms with Gasteiger partial charge in [0, 0.05) is 37.9 Å². The highest BCUT2D eigenvalue weighted by Crippen LogP contribution is 2.34. The van der Waals surface area contributed by atoms with Crippen LogP contribution >= 0.6 is 0 Å². The standard InChI is InChI=1S/C18H23N3O2/c1-14-12-16(20-21(14)2)17(22)19-13-18(8-10-23-11-9-18)15-6-4-3-5-7-15/h3-7,12H,8-11,13H2,1-2H3,(H,19,22). The lowest BCUT2D eigenvalue weighted by Gasteiger charge is -2.37. The molecule has 1 aliphatic rings. The van der Waals surface area contributed by atoms with Crippen molar-refractivity contribution in [3.63, 3.8) is 0 Å². The van der Waals surface area contributed by atoms with Crippen LogP contribution in [-0.2, 0) is 17.2 Å². The van der Waals surface area contributed by atoms with Gasteiger partial charge in [-0.25, -0.2) is 0 Å². The smallest absolute Gasteiger partial charge is 0.271 e. The minimum Gasteiger partial charge on any atom is -0.381 e. The molecule has 23 heavy (non-hydrogen) atoms. The van der Waals surface area contributed by atoms with Crippen LogP contribution in [0.3, 0.4) is 0 Å². The number of hydrogen-bond acceptors (Lipinski definition) is 3. The van der Waals surface area contributed by atoms with Crippen LogP contribution < -0.4 is 5.32 Å². The minimum atomic E-state index is -0.115. The number of nitrogens with zero attached hydrogens (tertiary/aromatic N) is 2. The van der Waals surface area contributed by atoms with Gasteiger partial charge in [-0.15, -0.1) is 0 Å². The molecule has 1 aromatic carbocycles. The summed E-state index contributed by atoms with van der Waals surface area (Å²) in [6.07, 6.45) is 1.83. The summed E-state index contributed by atoms with van der Waals surface area (Å²) in [5.74, 6) is -0.115. The molecular formula is C18H23N3O2. The van der Waals surface area contributed by atoms with Crippen LogP contribution in [-0.4, -0.2) is 35.4 Å². The topological polar surface area (TPSA) is 56.1 Å². The van der Waals surface area contributed by atoms with Crippen molar-refractivity contribution in [1.82, 2.24) is 15.1 Å². The number of amides is 1. The van der Waals surface area contributed by atoms with E-state index in [2.05, 4.69) is 34.7 Å². The quantitative estimate of drug-likeness (QED) is 0.941. The third-order valence-corrected chi connectivity index (χ3v) is 4.77. The average molecular weight is 313 g/mol. The summed E-state index contributed by atoms with van der Waals surface area (Å²) in [6.45, 7) is 4.00. The highest BCUT2D eigenvalue weighted by Gasteiger charge is 2.34. The molecule has 0 aliphatic carbocycles. The van der Waals surface area contributed by atoms with Crippen molar-refractivity contribution >= 4 is 5.91 Å². The molecule has 3 rings (SSSR count). The molecule has 1 N–H and O–H groups in total. The van der Waals surface area contributed by atoms with Gasteiger partial charge in [0.05, 0.1) is 0 Å². The van der Waals surface area contributed by atoms with Crippen LogP contribution in [0.1, 0.15) is 34.6 Å². The maximum atomic E-state index is 12.4. The van der Waals surface area contributed by atoms with Gasteiger partial charge in [0.25, 0.3) is 5.91 Å². The van der Waals surface area contributed by atoms with E-state index in [1.807, 2.05) is 26.1 Å². The molecular weight excluding hydrogens is 290 g/mol. The van der Waals surface area contributed by atoms with Gasteiger partial charge in [0.1, 0.15) is 5.69 Å². The van der Waals surface area contributed by atoms with Crippen molar-refractivity contribution in [3.05, 3.63) is 53.3 Å². The van der Waals surface area contributed by atoms with Gasteiger partial charge < -0.3 is 10.1 Å². The Bertz CT molecular complexity index is 653. The Hall–Kier alpha value is -2.14. The fraction of sp³-hybridized carbons (Fsp3) is 0.444. The zero-order valence-corrected chi connectivity index (χ0v) is 13.7. The Balaban J connectivity index is 1.76. The van der Waals surface area contributed by atoms with E-state index in [9.17, 15) is 4.79 Å². The Morgan fingerprint density at radius 1 is 1.30 bits per heavy atom. The second-order valence-corrected chi connectivity index (χ2v) is 6.24. The fourth-order valence-electron chi connectivity index (χ4n) is 3.13. The summed E-state index contributed by atoms with van der Waals surface area (Å²) in [4.78, 5) is 12.4. The van der Waals surface area contributed by atoms with E-state index in [1.165, 1.54) is 5.56 Å². The van der Waals surface area contributed by atoms with Crippen LogP contribution in [0.4, 0.5) is 0 Å². The molecule has 0 bridgehead atoms. The molecule has 0 unspecified atom stereocenters. The number of hydrogen-bond donors (Lipinski definition) is 1. The van der Waals surface area contributed by atoms with Gasteiger partial charge >= 0.3 is 0 Å². The molecule has 0 saturated carbocycles. The first-order chi connectivity index (χ1) is 11.1. The highest BCUT2D eigenvalue weighted by molar-refractivity contribution is 5.92. The molecule has 5 nitrogen and oxygen atoms in total. The van der Waals surface area contributed by atoms with Gasteiger partial charge in [0.15, 0.2) is 0 Å². The van der Waals surface area contributed by atoms with Crippen molar-refractivity contribution in [1.29, 1.82) is 0 Å². The summed E-state index contributed by atoms with van der Waals surface area (Å²) < 4.78 is 7.25. The first-order valence-electron chi connectivity index (χ1n) is 8.03. The van der Waals surface area contributed by atoms with Crippen LogP contribution in [0.5, 0.6) is 0 Å². The van der Waals surface area contributed by atoms with E-state index < -0.39 is 0 Å². The predicted molar refractivity (Wildman–Crippen MR) is 88.5 cm³/mol. The van der Waals surface area contributed by atoms with Crippen LogP contribution in [0.15, 0.2) is 36.4 Å². The van der Waals surface area contributed by atoms with Crippen molar-refractivity contribution < 1.29 is 9.53 Å². The van der Waals surface area contributed by atoms with Gasteiger partial charge in [-0.1, -0.05) is 30.3 Å². The van der Waals surface area contributed by atoms with Gasteiger partial charge in [-0.3, -0.25) is 9.48 Å². The van der Waals surface area contributed by atoms with E-state index in [4.69, 9.17) is 4.74 Å². The molecule has 0 spiro atoms. The molecule has 1 fully saturated rings. The zero-order chi connectivity index (χ0) is 16.3. The van der Waals surface area contributed by atoms with Crippen LogP contribution in [0, 0.1) is 6.92 Å². The molecule has 1 saturated heterocycles. The van der Waals surface area contributed by atoms with E-state index in [0.717, 1.165) is 31.7 Å². The predicted octanol–water partition coefficient (Wildman–Crippen LogP) is 2.21. The molecule has 122 valence electrons. The Morgan fingerprint density at radius 3 is 2.61 bits per heavy atom. The third-order valence-electron chi connectivity index (χ3n) is 4.77.